The maximum absolute atomic E-state index is 11.5. The number of amides is 1. The number of carbonyl (C=O) groups excluding carboxylic acids is 1. The predicted octanol–water partition coefficient (Wildman–Crippen LogP) is -0.283. The molecule has 0 aliphatic carbocycles. The maximum atomic E-state index is 11.5. The van der Waals surface area contributed by atoms with Crippen LogP contribution in [0.4, 0.5) is 0 Å². The minimum Gasteiger partial charge on any atom is -0.338 e. The van der Waals surface area contributed by atoms with Crippen molar-refractivity contribution in [2.45, 2.75) is 13.0 Å². The van der Waals surface area contributed by atoms with Crippen LogP contribution in [0.5, 0.6) is 0 Å². The van der Waals surface area contributed by atoms with Crippen molar-refractivity contribution in [1.29, 1.82) is 0 Å². The van der Waals surface area contributed by atoms with Gasteiger partial charge in [-0.05, 0) is 12.5 Å². The predicted molar refractivity (Wildman–Crippen MR) is 51.2 cm³/mol. The second-order valence-electron chi connectivity index (χ2n) is 3.69. The second kappa shape index (κ2) is 3.79. The molecule has 2 rings (SSSR count). The molecular weight excluding hydrogens is 180 g/mol. The summed E-state index contributed by atoms with van der Waals surface area (Å²) in [4.78, 5) is 13.3. The third-order valence-corrected chi connectivity index (χ3v) is 2.56. The number of aromatic amines is 1. The largest absolute Gasteiger partial charge is 0.338 e. The molecule has 1 aliphatic rings. The molecule has 2 heterocycles. The fourth-order valence-corrected chi connectivity index (χ4v) is 1.75. The van der Waals surface area contributed by atoms with Gasteiger partial charge in [0.05, 0.1) is 6.20 Å². The first kappa shape index (κ1) is 9.21. The first-order valence-electron chi connectivity index (χ1n) is 4.75. The number of rotatable bonds is 3. The van der Waals surface area contributed by atoms with Gasteiger partial charge in [-0.2, -0.15) is 5.10 Å². The van der Waals surface area contributed by atoms with Gasteiger partial charge in [-0.3, -0.25) is 9.89 Å². The molecule has 0 spiro atoms. The molecule has 3 N–H and O–H groups in total. The molecule has 1 unspecified atom stereocenters. The molecule has 1 aromatic heterocycles. The molecule has 1 aromatic rings. The van der Waals surface area contributed by atoms with Crippen molar-refractivity contribution >= 4 is 5.91 Å². The first-order valence-corrected chi connectivity index (χ1v) is 4.75. The second-order valence-corrected chi connectivity index (χ2v) is 3.69. The Morgan fingerprint density at radius 2 is 2.57 bits per heavy atom. The van der Waals surface area contributed by atoms with Crippen molar-refractivity contribution in [3.8, 4) is 0 Å². The SMILES string of the molecule is NCC1CC(=O)N(Cc2cn[nH]c2)C1. The lowest BCUT2D eigenvalue weighted by Crippen LogP contribution is -2.25. The Labute approximate surface area is 82.3 Å². The zero-order valence-corrected chi connectivity index (χ0v) is 7.94. The Morgan fingerprint density at radius 1 is 1.71 bits per heavy atom. The average Bonchev–Trinajstić information content (AvgIpc) is 2.78. The van der Waals surface area contributed by atoms with E-state index in [9.17, 15) is 4.79 Å². The van der Waals surface area contributed by atoms with E-state index in [2.05, 4.69) is 10.2 Å². The van der Waals surface area contributed by atoms with Crippen LogP contribution >= 0.6 is 0 Å². The molecule has 5 heteroatoms. The quantitative estimate of drug-likeness (QED) is 0.694. The van der Waals surface area contributed by atoms with Crippen molar-refractivity contribution in [2.24, 2.45) is 11.7 Å². The highest BCUT2D eigenvalue weighted by molar-refractivity contribution is 5.78. The van der Waals surface area contributed by atoms with Gasteiger partial charge in [0.1, 0.15) is 0 Å². The fourth-order valence-electron chi connectivity index (χ4n) is 1.75. The van der Waals surface area contributed by atoms with Gasteiger partial charge in [0, 0.05) is 31.3 Å². The van der Waals surface area contributed by atoms with Gasteiger partial charge < -0.3 is 10.6 Å². The number of nitrogens with one attached hydrogen (secondary N) is 1. The van der Waals surface area contributed by atoms with Gasteiger partial charge in [0.25, 0.3) is 0 Å². The number of likely N-dealkylation sites (tertiary alicyclic amines) is 1. The van der Waals surface area contributed by atoms with Crippen molar-refractivity contribution in [2.75, 3.05) is 13.1 Å². The molecule has 5 nitrogen and oxygen atoms in total. The van der Waals surface area contributed by atoms with Crippen molar-refractivity contribution in [3.63, 3.8) is 0 Å². The van der Waals surface area contributed by atoms with Crippen LogP contribution in [0.3, 0.4) is 0 Å². The highest BCUT2D eigenvalue weighted by atomic mass is 16.2. The molecule has 0 saturated carbocycles. The topological polar surface area (TPSA) is 75.0 Å². The van der Waals surface area contributed by atoms with Crippen LogP contribution in [0.1, 0.15) is 12.0 Å². The van der Waals surface area contributed by atoms with Crippen molar-refractivity contribution < 1.29 is 4.79 Å². The van der Waals surface area contributed by atoms with Gasteiger partial charge in [-0.25, -0.2) is 0 Å². The lowest BCUT2D eigenvalue weighted by molar-refractivity contribution is -0.128. The number of nitrogens with zero attached hydrogens (tertiary/aromatic N) is 2. The molecule has 1 amide bonds. The third-order valence-electron chi connectivity index (χ3n) is 2.56. The number of hydrogen-bond acceptors (Lipinski definition) is 3. The lowest BCUT2D eigenvalue weighted by atomic mass is 10.1. The summed E-state index contributed by atoms with van der Waals surface area (Å²) in [6, 6.07) is 0. The molecule has 1 fully saturated rings. The van der Waals surface area contributed by atoms with Crippen LogP contribution in [0.25, 0.3) is 0 Å². The normalized spacial score (nSPS) is 21.9. The van der Waals surface area contributed by atoms with Crippen LogP contribution in [0.2, 0.25) is 0 Å². The van der Waals surface area contributed by atoms with E-state index in [1.165, 1.54) is 0 Å². The van der Waals surface area contributed by atoms with E-state index in [1.54, 1.807) is 6.20 Å². The van der Waals surface area contributed by atoms with Crippen LogP contribution in [-0.4, -0.2) is 34.1 Å². The molecular formula is C9H14N4O. The number of H-pyrrole nitrogens is 1. The molecule has 1 aliphatic heterocycles. The van der Waals surface area contributed by atoms with E-state index < -0.39 is 0 Å². The van der Waals surface area contributed by atoms with E-state index in [1.807, 2.05) is 11.1 Å². The standard InChI is InChI=1S/C9H14N4O/c10-2-7-1-9(14)13(5-7)6-8-3-11-12-4-8/h3-4,7H,1-2,5-6,10H2,(H,11,12). The van der Waals surface area contributed by atoms with Crippen LogP contribution in [0, 0.1) is 5.92 Å². The summed E-state index contributed by atoms with van der Waals surface area (Å²) < 4.78 is 0. The van der Waals surface area contributed by atoms with Gasteiger partial charge >= 0.3 is 0 Å². The Bertz CT molecular complexity index is 309. The maximum Gasteiger partial charge on any atom is 0.223 e. The summed E-state index contributed by atoms with van der Waals surface area (Å²) in [5, 5.41) is 6.57. The van der Waals surface area contributed by atoms with Crippen LogP contribution in [-0.2, 0) is 11.3 Å². The van der Waals surface area contributed by atoms with E-state index in [0.717, 1.165) is 12.1 Å². The van der Waals surface area contributed by atoms with Crippen LogP contribution < -0.4 is 5.73 Å². The summed E-state index contributed by atoms with van der Waals surface area (Å²) in [5.41, 5.74) is 6.57. The molecule has 1 saturated heterocycles. The Hall–Kier alpha value is -1.36. The number of carbonyl (C=O) groups is 1. The van der Waals surface area contributed by atoms with Gasteiger partial charge in [-0.15, -0.1) is 0 Å². The minimum atomic E-state index is 0.196. The molecule has 14 heavy (non-hydrogen) atoms. The van der Waals surface area contributed by atoms with Gasteiger partial charge in [-0.1, -0.05) is 0 Å². The Balaban J connectivity index is 1.96. The zero-order valence-electron chi connectivity index (χ0n) is 7.94. The summed E-state index contributed by atoms with van der Waals surface area (Å²) >= 11 is 0. The highest BCUT2D eigenvalue weighted by Gasteiger charge is 2.28. The van der Waals surface area contributed by atoms with E-state index in [4.69, 9.17) is 5.73 Å². The van der Waals surface area contributed by atoms with Gasteiger partial charge in [0.15, 0.2) is 0 Å². The Morgan fingerprint density at radius 3 is 3.14 bits per heavy atom. The van der Waals surface area contributed by atoms with Crippen LogP contribution in [0.15, 0.2) is 12.4 Å². The monoisotopic (exact) mass is 194 g/mol. The minimum absolute atomic E-state index is 0.196. The van der Waals surface area contributed by atoms with Crippen molar-refractivity contribution in [1.82, 2.24) is 15.1 Å². The number of nitrogens with two attached hydrogens (primary N) is 1. The summed E-state index contributed by atoms with van der Waals surface area (Å²) in [6.07, 6.45) is 4.14. The van der Waals surface area contributed by atoms with E-state index in [-0.39, 0.29) is 5.91 Å². The molecule has 1 atom stereocenters. The zero-order chi connectivity index (χ0) is 9.97. The molecule has 0 radical (unpaired) electrons. The fraction of sp³-hybridized carbons (Fsp3) is 0.556. The van der Waals surface area contributed by atoms with E-state index in [0.29, 0.717) is 25.4 Å². The smallest absolute Gasteiger partial charge is 0.223 e. The number of hydrogen-bond donors (Lipinski definition) is 2. The number of aromatic nitrogens is 2. The third kappa shape index (κ3) is 1.77. The molecule has 0 aromatic carbocycles. The van der Waals surface area contributed by atoms with Crippen molar-refractivity contribution in [3.05, 3.63) is 18.0 Å². The van der Waals surface area contributed by atoms with Gasteiger partial charge in [0.2, 0.25) is 5.91 Å². The Kier molecular flexibility index (Phi) is 2.49. The lowest BCUT2D eigenvalue weighted by Gasteiger charge is -2.14. The molecule has 76 valence electrons. The molecule has 0 bridgehead atoms. The summed E-state index contributed by atoms with van der Waals surface area (Å²) in [6.45, 7) is 2.01. The highest BCUT2D eigenvalue weighted by Crippen LogP contribution is 2.18. The van der Waals surface area contributed by atoms with E-state index >= 15 is 0 Å². The average molecular weight is 194 g/mol. The first-order chi connectivity index (χ1) is 6.79. The summed E-state index contributed by atoms with van der Waals surface area (Å²) in [5.74, 6) is 0.524. The summed E-state index contributed by atoms with van der Waals surface area (Å²) in [7, 11) is 0.